The van der Waals surface area contributed by atoms with Gasteiger partial charge >= 0.3 is 0 Å². The van der Waals surface area contributed by atoms with E-state index >= 15 is 0 Å². The van der Waals surface area contributed by atoms with Crippen LogP contribution in [0.3, 0.4) is 0 Å². The molecule has 8 bridgehead atoms. The monoisotopic (exact) mass is 356 g/mol. The minimum Gasteiger partial charge on any atom is -0.340 e. The van der Waals surface area contributed by atoms with E-state index in [1.807, 2.05) is 0 Å². The van der Waals surface area contributed by atoms with Gasteiger partial charge in [-0.2, -0.15) is 0 Å². The topological polar surface area (TPSA) is 36.9 Å². The number of hydrogen-bond acceptors (Lipinski definition) is 4. The van der Waals surface area contributed by atoms with E-state index in [0.29, 0.717) is 0 Å². The molecule has 4 spiro atoms. The summed E-state index contributed by atoms with van der Waals surface area (Å²) in [5, 5.41) is 0. The first-order chi connectivity index (χ1) is 12.1. The van der Waals surface area contributed by atoms with Crippen molar-refractivity contribution in [3.8, 4) is 0 Å². The van der Waals surface area contributed by atoms with Gasteiger partial charge in [0.2, 0.25) is 0 Å². The van der Waals surface area contributed by atoms with Gasteiger partial charge in [0.05, 0.1) is 0 Å². The first-order valence-corrected chi connectivity index (χ1v) is 10.3. The summed E-state index contributed by atoms with van der Waals surface area (Å²) >= 11 is 0. The fourth-order valence-corrected chi connectivity index (χ4v) is 8.13. The summed E-state index contributed by atoms with van der Waals surface area (Å²) in [7, 11) is 0. The van der Waals surface area contributed by atoms with E-state index in [9.17, 15) is 0 Å². The van der Waals surface area contributed by atoms with Crippen LogP contribution >= 0.6 is 0 Å². The smallest absolute Gasteiger partial charge is 0.164 e. The van der Waals surface area contributed by atoms with Gasteiger partial charge < -0.3 is 18.9 Å². The predicted molar refractivity (Wildman–Crippen MR) is 94.4 cm³/mol. The maximum Gasteiger partial charge on any atom is 0.164 e. The summed E-state index contributed by atoms with van der Waals surface area (Å²) in [5.74, 6) is -0.915. The van der Waals surface area contributed by atoms with Gasteiger partial charge in [0.25, 0.3) is 0 Å². The lowest BCUT2D eigenvalue weighted by Crippen LogP contribution is -2.41. The van der Waals surface area contributed by atoms with Gasteiger partial charge in [0.1, 0.15) is 22.4 Å². The lowest BCUT2D eigenvalue weighted by atomic mass is 9.90. The van der Waals surface area contributed by atoms with Crippen molar-refractivity contribution >= 4 is 0 Å². The van der Waals surface area contributed by atoms with Crippen LogP contribution in [0.15, 0.2) is 22.3 Å². The molecule has 4 heteroatoms. The number of hydrogen-bond donors (Lipinski definition) is 0. The first kappa shape index (κ1) is 15.3. The Kier molecular flexibility index (Phi) is 2.21. The van der Waals surface area contributed by atoms with E-state index in [4.69, 9.17) is 18.9 Å². The van der Waals surface area contributed by atoms with Crippen molar-refractivity contribution in [1.82, 2.24) is 0 Å². The molecule has 4 saturated carbocycles. The van der Waals surface area contributed by atoms with E-state index in [1.54, 1.807) is 22.3 Å². The molecule has 0 atom stereocenters. The second-order valence-electron chi connectivity index (χ2n) is 11.0. The molecule has 2 saturated heterocycles. The molecule has 10 rings (SSSR count). The van der Waals surface area contributed by atoms with Crippen LogP contribution in [0.25, 0.3) is 0 Å². The zero-order valence-electron chi connectivity index (χ0n) is 16.3. The minimum atomic E-state index is -0.457. The van der Waals surface area contributed by atoms with Crippen molar-refractivity contribution in [2.24, 2.45) is 0 Å². The van der Waals surface area contributed by atoms with Gasteiger partial charge in [0, 0.05) is 51.4 Å². The van der Waals surface area contributed by atoms with Crippen LogP contribution in [0.5, 0.6) is 0 Å². The van der Waals surface area contributed by atoms with Crippen molar-refractivity contribution < 1.29 is 18.9 Å². The van der Waals surface area contributed by atoms with Crippen LogP contribution < -0.4 is 0 Å². The Balaban J connectivity index is 1.43. The summed E-state index contributed by atoms with van der Waals surface area (Å²) in [5.41, 5.74) is 5.82. The van der Waals surface area contributed by atoms with Crippen molar-refractivity contribution in [2.45, 2.75) is 113 Å². The Bertz CT molecular complexity index is 676. The highest BCUT2D eigenvalue weighted by Gasteiger charge is 2.75. The van der Waals surface area contributed by atoms with E-state index in [0.717, 1.165) is 51.4 Å². The quantitative estimate of drug-likeness (QED) is 0.607. The maximum atomic E-state index is 6.65. The number of ether oxygens (including phenoxy) is 4. The van der Waals surface area contributed by atoms with Gasteiger partial charge in [0.15, 0.2) is 11.6 Å². The van der Waals surface area contributed by atoms with E-state index in [2.05, 4.69) is 27.7 Å². The van der Waals surface area contributed by atoms with Gasteiger partial charge in [-0.25, -0.2) is 0 Å². The van der Waals surface area contributed by atoms with Crippen LogP contribution in [0, 0.1) is 0 Å². The normalized spacial score (nSPS) is 54.0. The summed E-state index contributed by atoms with van der Waals surface area (Å²) in [6, 6.07) is 0. The van der Waals surface area contributed by atoms with Gasteiger partial charge in [-0.3, -0.25) is 0 Å². The zero-order chi connectivity index (χ0) is 17.8. The molecule has 0 amide bonds. The summed E-state index contributed by atoms with van der Waals surface area (Å²) in [6.45, 7) is 8.34. The Morgan fingerprint density at radius 2 is 0.615 bits per heavy atom. The van der Waals surface area contributed by atoms with Crippen LogP contribution in [0.2, 0.25) is 0 Å². The molecule has 26 heavy (non-hydrogen) atoms. The van der Waals surface area contributed by atoms with E-state index in [1.165, 1.54) is 0 Å². The molecule has 8 aliphatic carbocycles. The summed E-state index contributed by atoms with van der Waals surface area (Å²) in [4.78, 5) is 0. The average molecular weight is 356 g/mol. The third kappa shape index (κ3) is 1.46. The molecule has 0 radical (unpaired) electrons. The SMILES string of the molecule is CC1(C)OC23CC4=C5CC67CC(=C(C2)CC3(C4)O1)CC6(C5)OC(C)(C)O7. The molecule has 6 fully saturated rings. The average Bonchev–Trinajstić information content (AvgIpc) is 3.10. The maximum absolute atomic E-state index is 6.65. The third-order valence-corrected chi connectivity index (χ3v) is 8.42. The highest BCUT2D eigenvalue weighted by atomic mass is 16.8. The molecule has 0 unspecified atom stereocenters. The molecular weight excluding hydrogens is 328 g/mol. The van der Waals surface area contributed by atoms with Crippen LogP contribution in [-0.4, -0.2) is 34.0 Å². The molecule has 2 aliphatic heterocycles. The summed E-state index contributed by atoms with van der Waals surface area (Å²) in [6.07, 6.45) is 8.32. The highest BCUT2D eigenvalue weighted by molar-refractivity contribution is 5.49. The molecule has 2 heterocycles. The molecule has 10 aliphatic rings. The van der Waals surface area contributed by atoms with Gasteiger partial charge in [-0.1, -0.05) is 22.3 Å². The van der Waals surface area contributed by atoms with Crippen LogP contribution in [-0.2, 0) is 18.9 Å². The number of rotatable bonds is 0. The molecule has 0 aromatic heterocycles. The van der Waals surface area contributed by atoms with Crippen molar-refractivity contribution in [3.05, 3.63) is 22.3 Å². The standard InChI is InChI=1S/C22H28O4/c1-17(2)23-19-5-13-6-20(19,24-17)8-14(7-19)16-11-21-9-15(13)10-22(21,12-16)26-18(3,4)25-21/h5-12H2,1-4H3. The van der Waals surface area contributed by atoms with E-state index < -0.39 is 11.6 Å². The Hall–Kier alpha value is -0.680. The molecule has 0 aromatic rings. The van der Waals surface area contributed by atoms with Gasteiger partial charge in [-0.15, -0.1) is 0 Å². The fraction of sp³-hybridized carbons (Fsp3) is 0.818. The Morgan fingerprint density at radius 3 is 0.808 bits per heavy atom. The molecule has 0 N–H and O–H groups in total. The Morgan fingerprint density at radius 1 is 0.423 bits per heavy atom. The highest BCUT2D eigenvalue weighted by Crippen LogP contribution is 2.72. The third-order valence-electron chi connectivity index (χ3n) is 8.42. The lowest BCUT2D eigenvalue weighted by molar-refractivity contribution is -0.180. The van der Waals surface area contributed by atoms with Crippen molar-refractivity contribution in [2.75, 3.05) is 0 Å². The van der Waals surface area contributed by atoms with Crippen LogP contribution in [0.1, 0.15) is 79.1 Å². The van der Waals surface area contributed by atoms with Crippen molar-refractivity contribution in [3.63, 3.8) is 0 Å². The second kappa shape index (κ2) is 3.76. The molecule has 140 valence electrons. The first-order valence-electron chi connectivity index (χ1n) is 10.3. The summed E-state index contributed by atoms with van der Waals surface area (Å²) < 4.78 is 26.6. The zero-order valence-corrected chi connectivity index (χ0v) is 16.3. The van der Waals surface area contributed by atoms with E-state index in [-0.39, 0.29) is 22.4 Å². The van der Waals surface area contributed by atoms with Crippen LogP contribution in [0.4, 0.5) is 0 Å². The molecule has 4 nitrogen and oxygen atoms in total. The Labute approximate surface area is 154 Å². The lowest BCUT2D eigenvalue weighted by Gasteiger charge is -2.30. The second-order valence-corrected chi connectivity index (χ2v) is 11.0. The van der Waals surface area contributed by atoms with Gasteiger partial charge in [-0.05, 0) is 27.7 Å². The molecular formula is C22H28O4. The molecule has 0 aromatic carbocycles. The minimum absolute atomic E-state index is 0.132. The largest absolute Gasteiger partial charge is 0.340 e. The predicted octanol–water partition coefficient (Wildman–Crippen LogP) is 4.29. The van der Waals surface area contributed by atoms with Crippen molar-refractivity contribution in [1.29, 1.82) is 0 Å². The fourth-order valence-electron chi connectivity index (χ4n) is 8.13.